The van der Waals surface area contributed by atoms with Gasteiger partial charge in [0, 0.05) is 37.8 Å². The smallest absolute Gasteiger partial charge is 0.326 e. The predicted octanol–water partition coefficient (Wildman–Crippen LogP) is 2.62. The van der Waals surface area contributed by atoms with Crippen molar-refractivity contribution in [2.45, 2.75) is 55.1 Å². The maximum Gasteiger partial charge on any atom is 0.326 e. The molecule has 242 valence electrons. The number of nitrogens with one attached hydrogen (secondary N) is 3. The summed E-state index contributed by atoms with van der Waals surface area (Å²) in [6.45, 7) is 1.04. The highest BCUT2D eigenvalue weighted by Crippen LogP contribution is 2.26. The average Bonchev–Trinajstić information content (AvgIpc) is 3.73. The summed E-state index contributed by atoms with van der Waals surface area (Å²) in [6, 6.07) is 21.2. The number of hydrogen-bond acceptors (Lipinski definition) is 6. The predicted molar refractivity (Wildman–Crippen MR) is 170 cm³/mol. The van der Waals surface area contributed by atoms with Crippen molar-refractivity contribution in [1.29, 1.82) is 0 Å². The van der Waals surface area contributed by atoms with Crippen LogP contribution in [0.25, 0.3) is 0 Å². The van der Waals surface area contributed by atoms with E-state index in [0.29, 0.717) is 37.2 Å². The molecule has 0 saturated carbocycles. The first kappa shape index (κ1) is 32.6. The molecular weight excluding hydrogens is 610 g/mol. The Bertz CT molecular complexity index is 1650. The van der Waals surface area contributed by atoms with Crippen LogP contribution in [0.1, 0.15) is 30.4 Å². The van der Waals surface area contributed by atoms with Crippen molar-refractivity contribution >= 4 is 39.5 Å². The van der Waals surface area contributed by atoms with Gasteiger partial charge in [-0.3, -0.25) is 9.59 Å². The summed E-state index contributed by atoms with van der Waals surface area (Å²) in [5.74, 6) is -2.00. The van der Waals surface area contributed by atoms with Gasteiger partial charge in [-0.15, -0.1) is 0 Å². The van der Waals surface area contributed by atoms with E-state index in [1.54, 1.807) is 47.4 Å². The minimum absolute atomic E-state index is 0.0378. The minimum Gasteiger partial charge on any atom is -0.480 e. The normalized spacial score (nSPS) is 18.9. The molecule has 0 aliphatic carbocycles. The van der Waals surface area contributed by atoms with Crippen LogP contribution in [-0.4, -0.2) is 84.3 Å². The molecule has 3 atom stereocenters. The van der Waals surface area contributed by atoms with Crippen molar-refractivity contribution in [3.63, 3.8) is 0 Å². The van der Waals surface area contributed by atoms with Crippen molar-refractivity contribution in [3.8, 4) is 0 Å². The molecule has 4 amide bonds. The van der Waals surface area contributed by atoms with Crippen LogP contribution < -0.4 is 16.0 Å². The van der Waals surface area contributed by atoms with Gasteiger partial charge in [-0.25, -0.2) is 18.0 Å². The number of benzene rings is 3. The zero-order chi connectivity index (χ0) is 32.7. The van der Waals surface area contributed by atoms with Gasteiger partial charge in [0.2, 0.25) is 21.8 Å². The van der Waals surface area contributed by atoms with Crippen molar-refractivity contribution < 1.29 is 32.7 Å². The maximum absolute atomic E-state index is 13.2. The first-order chi connectivity index (χ1) is 22.1. The van der Waals surface area contributed by atoms with E-state index in [9.17, 15) is 32.7 Å². The fourth-order valence-electron chi connectivity index (χ4n) is 5.77. The molecule has 46 heavy (non-hydrogen) atoms. The molecule has 5 rings (SSSR count). The lowest BCUT2D eigenvalue weighted by molar-refractivity contribution is -0.142. The Kier molecular flexibility index (Phi) is 10.3. The second-order valence-corrected chi connectivity index (χ2v) is 13.4. The van der Waals surface area contributed by atoms with Crippen LogP contribution in [0.5, 0.6) is 0 Å². The van der Waals surface area contributed by atoms with Gasteiger partial charge in [0.25, 0.3) is 0 Å². The minimum atomic E-state index is -3.92. The summed E-state index contributed by atoms with van der Waals surface area (Å²) in [7, 11) is -3.92. The van der Waals surface area contributed by atoms with Crippen LogP contribution in [0, 0.1) is 0 Å². The average molecular weight is 648 g/mol. The van der Waals surface area contributed by atoms with Crippen LogP contribution in [0.15, 0.2) is 89.8 Å². The second kappa shape index (κ2) is 14.6. The third-order valence-electron chi connectivity index (χ3n) is 8.16. The van der Waals surface area contributed by atoms with Gasteiger partial charge in [0.15, 0.2) is 0 Å². The number of carboxylic acid groups (broad SMARTS) is 1. The van der Waals surface area contributed by atoms with E-state index < -0.39 is 34.0 Å². The highest BCUT2D eigenvalue weighted by atomic mass is 32.2. The van der Waals surface area contributed by atoms with Crippen molar-refractivity contribution in [2.75, 3.05) is 25.0 Å². The number of rotatable bonds is 11. The number of carboxylic acids is 1. The number of urea groups is 1. The largest absolute Gasteiger partial charge is 0.480 e. The van der Waals surface area contributed by atoms with E-state index in [-0.39, 0.29) is 48.7 Å². The fraction of sp³-hybridized carbons (Fsp3) is 0.333. The van der Waals surface area contributed by atoms with Crippen LogP contribution in [0.2, 0.25) is 0 Å². The molecule has 1 unspecified atom stereocenters. The number of anilines is 1. The number of nitrogens with zero attached hydrogens (tertiary/aromatic N) is 2. The molecule has 2 heterocycles. The molecule has 0 aromatic heterocycles. The Morgan fingerprint density at radius 2 is 1.52 bits per heavy atom. The van der Waals surface area contributed by atoms with E-state index in [2.05, 4.69) is 16.0 Å². The van der Waals surface area contributed by atoms with Crippen LogP contribution in [0.4, 0.5) is 10.5 Å². The molecule has 0 spiro atoms. The number of likely N-dealkylation sites (tertiary alicyclic amines) is 1. The molecule has 2 saturated heterocycles. The number of hydrogen-bond donors (Lipinski definition) is 4. The molecule has 4 N–H and O–H groups in total. The quantitative estimate of drug-likeness (QED) is 0.248. The second-order valence-electron chi connectivity index (χ2n) is 11.5. The van der Waals surface area contributed by atoms with Crippen molar-refractivity contribution in [2.24, 2.45) is 0 Å². The fourth-order valence-corrected chi connectivity index (χ4v) is 7.45. The Hall–Kier alpha value is -4.75. The molecule has 0 bridgehead atoms. The zero-order valence-corrected chi connectivity index (χ0v) is 26.0. The van der Waals surface area contributed by atoms with E-state index in [1.165, 1.54) is 12.1 Å². The van der Waals surface area contributed by atoms with Gasteiger partial charge < -0.3 is 26.0 Å². The summed E-state index contributed by atoms with van der Waals surface area (Å²) in [6.07, 6.45) is 1.65. The highest BCUT2D eigenvalue weighted by molar-refractivity contribution is 7.89. The number of aliphatic carboxylic acids is 1. The lowest BCUT2D eigenvalue weighted by Crippen LogP contribution is -2.51. The summed E-state index contributed by atoms with van der Waals surface area (Å²) in [5.41, 5.74) is 2.03. The van der Waals surface area contributed by atoms with Gasteiger partial charge in [-0.05, 0) is 54.7 Å². The van der Waals surface area contributed by atoms with Crippen LogP contribution >= 0.6 is 0 Å². The molecule has 2 fully saturated rings. The van der Waals surface area contributed by atoms with Gasteiger partial charge in [0.1, 0.15) is 12.1 Å². The molecule has 3 aromatic rings. The summed E-state index contributed by atoms with van der Waals surface area (Å²) < 4.78 is 27.4. The summed E-state index contributed by atoms with van der Waals surface area (Å²) >= 11 is 0. The third kappa shape index (κ3) is 8.09. The molecule has 2 aliphatic rings. The lowest BCUT2D eigenvalue weighted by Gasteiger charge is -2.25. The Balaban J connectivity index is 1.12. The molecule has 2 aliphatic heterocycles. The first-order valence-electron chi connectivity index (χ1n) is 15.2. The SMILES string of the molecule is O=C(Cc1ccccc1)NC1CCN(C(=O)Nc2ccc(C[C@H](NC(=O)[C@@H]3CCCN3S(=O)(=O)c3ccccc3)C(=O)O)cc2)C1. The topological polar surface area (TPSA) is 165 Å². The number of carbonyl (C=O) groups is 4. The van der Waals surface area contributed by atoms with Crippen LogP contribution in [0.3, 0.4) is 0 Å². The molecule has 3 aromatic carbocycles. The molecule has 13 heteroatoms. The van der Waals surface area contributed by atoms with Crippen molar-refractivity contribution in [1.82, 2.24) is 19.8 Å². The molecule has 12 nitrogen and oxygen atoms in total. The maximum atomic E-state index is 13.2. The van der Waals surface area contributed by atoms with Crippen molar-refractivity contribution in [3.05, 3.63) is 96.1 Å². The zero-order valence-electron chi connectivity index (χ0n) is 25.2. The summed E-state index contributed by atoms with van der Waals surface area (Å²) in [5, 5.41) is 18.2. The molecular formula is C33H37N5O7S. The molecule has 0 radical (unpaired) electrons. The van der Waals surface area contributed by atoms with E-state index in [0.717, 1.165) is 9.87 Å². The highest BCUT2D eigenvalue weighted by Gasteiger charge is 2.40. The Labute approximate surface area is 267 Å². The monoisotopic (exact) mass is 647 g/mol. The van der Waals surface area contributed by atoms with Gasteiger partial charge in [-0.2, -0.15) is 4.31 Å². The number of carbonyl (C=O) groups excluding carboxylic acids is 3. The van der Waals surface area contributed by atoms with Gasteiger partial charge in [0.05, 0.1) is 11.3 Å². The standard InChI is InChI=1S/C33H37N5O7S/c39-30(21-23-8-3-1-4-9-23)34-26-17-19-37(22-26)33(43)35-25-15-13-24(14-16-25)20-28(32(41)42)36-31(40)29-12-7-18-38(29)46(44,45)27-10-5-2-6-11-27/h1-6,8-11,13-16,26,28-29H,7,12,17-22H2,(H,34,39)(H,35,43)(H,36,40)(H,41,42)/t26?,28-,29-/m0/s1. The summed E-state index contributed by atoms with van der Waals surface area (Å²) in [4.78, 5) is 52.2. The van der Waals surface area contributed by atoms with E-state index in [1.807, 2.05) is 30.3 Å². The number of amides is 4. The van der Waals surface area contributed by atoms with E-state index >= 15 is 0 Å². The first-order valence-corrected chi connectivity index (χ1v) is 16.6. The Morgan fingerprint density at radius 3 is 2.20 bits per heavy atom. The Morgan fingerprint density at radius 1 is 0.848 bits per heavy atom. The van der Waals surface area contributed by atoms with E-state index in [4.69, 9.17) is 0 Å². The third-order valence-corrected chi connectivity index (χ3v) is 10.1. The van der Waals surface area contributed by atoms with Gasteiger partial charge in [-0.1, -0.05) is 60.7 Å². The van der Waals surface area contributed by atoms with Gasteiger partial charge >= 0.3 is 12.0 Å². The lowest BCUT2D eigenvalue weighted by atomic mass is 10.0. The number of sulfonamides is 1. The van der Waals surface area contributed by atoms with Crippen LogP contribution in [-0.2, 0) is 37.2 Å².